The molecule has 1 fully saturated rings. The first kappa shape index (κ1) is 9.22. The Morgan fingerprint density at radius 3 is 2.93 bits per heavy atom. The van der Waals surface area contributed by atoms with Crippen molar-refractivity contribution in [1.82, 2.24) is 0 Å². The maximum absolute atomic E-state index is 5.66. The van der Waals surface area contributed by atoms with Crippen molar-refractivity contribution in [2.75, 3.05) is 18.0 Å². The summed E-state index contributed by atoms with van der Waals surface area (Å²) in [7, 11) is 0. The lowest BCUT2D eigenvalue weighted by Crippen LogP contribution is -2.22. The lowest BCUT2D eigenvalue weighted by molar-refractivity contribution is 0.747. The van der Waals surface area contributed by atoms with Crippen LogP contribution in [0.4, 0.5) is 5.69 Å². The van der Waals surface area contributed by atoms with Crippen LogP contribution in [0.25, 0.3) is 0 Å². The van der Waals surface area contributed by atoms with E-state index in [2.05, 4.69) is 23.1 Å². The quantitative estimate of drug-likeness (QED) is 0.811. The fourth-order valence-corrected chi connectivity index (χ4v) is 2.45. The number of hydrogen-bond acceptors (Lipinski definition) is 2. The maximum atomic E-state index is 5.66. The molecule has 3 rings (SSSR count). The average molecular weight is 202 g/mol. The summed E-state index contributed by atoms with van der Waals surface area (Å²) in [6.45, 7) is 3.14. The molecule has 0 unspecified atom stereocenters. The zero-order chi connectivity index (χ0) is 10.3. The monoisotopic (exact) mass is 202 g/mol. The molecule has 15 heavy (non-hydrogen) atoms. The molecule has 2 nitrogen and oxygen atoms in total. The van der Waals surface area contributed by atoms with Crippen LogP contribution in [0, 0.1) is 5.92 Å². The average Bonchev–Trinajstić information content (AvgIpc) is 2.99. The molecule has 1 aromatic rings. The molecule has 2 heteroatoms. The highest BCUT2D eigenvalue weighted by Crippen LogP contribution is 2.35. The minimum Gasteiger partial charge on any atom is -0.371 e. The molecule has 2 N–H and O–H groups in total. The molecule has 80 valence electrons. The number of rotatable bonds is 3. The van der Waals surface area contributed by atoms with Gasteiger partial charge in [0.25, 0.3) is 0 Å². The third-order valence-corrected chi connectivity index (χ3v) is 3.55. The van der Waals surface area contributed by atoms with Gasteiger partial charge in [-0.25, -0.2) is 0 Å². The van der Waals surface area contributed by atoms with Gasteiger partial charge in [-0.2, -0.15) is 0 Å². The first-order valence-electron chi connectivity index (χ1n) is 5.93. The first-order chi connectivity index (χ1) is 7.36. The van der Waals surface area contributed by atoms with E-state index in [1.807, 2.05) is 0 Å². The van der Waals surface area contributed by atoms with Gasteiger partial charge in [0.05, 0.1) is 0 Å². The zero-order valence-electron chi connectivity index (χ0n) is 9.08. The molecule has 0 radical (unpaired) electrons. The van der Waals surface area contributed by atoms with Gasteiger partial charge >= 0.3 is 0 Å². The molecular formula is C13H18N2. The summed E-state index contributed by atoms with van der Waals surface area (Å²) in [5.41, 5.74) is 9.88. The molecule has 0 amide bonds. The topological polar surface area (TPSA) is 29.3 Å². The Hall–Kier alpha value is -1.02. The predicted octanol–water partition coefficient (Wildman–Crippen LogP) is 1.92. The van der Waals surface area contributed by atoms with Crippen molar-refractivity contribution in [3.05, 3.63) is 29.3 Å². The summed E-state index contributed by atoms with van der Waals surface area (Å²) in [5.74, 6) is 0.977. The van der Waals surface area contributed by atoms with Crippen molar-refractivity contribution < 1.29 is 0 Å². The molecule has 1 aliphatic heterocycles. The molecule has 1 saturated carbocycles. The first-order valence-corrected chi connectivity index (χ1v) is 5.93. The second kappa shape index (κ2) is 3.53. The van der Waals surface area contributed by atoms with E-state index in [-0.39, 0.29) is 0 Å². The lowest BCUT2D eigenvalue weighted by Gasteiger charge is -2.19. The summed E-state index contributed by atoms with van der Waals surface area (Å²) in [5, 5.41) is 0. The van der Waals surface area contributed by atoms with Gasteiger partial charge in [0.2, 0.25) is 0 Å². The SMILES string of the molecule is NCc1ccc2c(c1)CCN2CC1CC1. The van der Waals surface area contributed by atoms with Gasteiger partial charge < -0.3 is 10.6 Å². The smallest absolute Gasteiger partial charge is 0.0399 e. The van der Waals surface area contributed by atoms with E-state index in [9.17, 15) is 0 Å². The van der Waals surface area contributed by atoms with E-state index < -0.39 is 0 Å². The van der Waals surface area contributed by atoms with Crippen LogP contribution in [0.5, 0.6) is 0 Å². The van der Waals surface area contributed by atoms with E-state index in [0.717, 1.165) is 5.92 Å². The Morgan fingerprint density at radius 2 is 2.20 bits per heavy atom. The number of anilines is 1. The Balaban J connectivity index is 1.83. The van der Waals surface area contributed by atoms with Gasteiger partial charge in [-0.05, 0) is 42.4 Å². The van der Waals surface area contributed by atoms with Crippen LogP contribution in [0.15, 0.2) is 18.2 Å². The highest BCUT2D eigenvalue weighted by molar-refractivity contribution is 5.59. The minimum absolute atomic E-state index is 0.663. The maximum Gasteiger partial charge on any atom is 0.0399 e. The summed E-state index contributed by atoms with van der Waals surface area (Å²) in [4.78, 5) is 2.55. The third-order valence-electron chi connectivity index (χ3n) is 3.55. The lowest BCUT2D eigenvalue weighted by atomic mass is 10.1. The molecule has 1 aliphatic carbocycles. The van der Waals surface area contributed by atoms with Crippen molar-refractivity contribution in [2.45, 2.75) is 25.8 Å². The van der Waals surface area contributed by atoms with Gasteiger partial charge in [0.1, 0.15) is 0 Å². The van der Waals surface area contributed by atoms with Gasteiger partial charge in [-0.3, -0.25) is 0 Å². The van der Waals surface area contributed by atoms with Crippen molar-refractivity contribution >= 4 is 5.69 Å². The number of fused-ring (bicyclic) bond motifs is 1. The largest absolute Gasteiger partial charge is 0.371 e. The normalized spacial score (nSPS) is 19.4. The van der Waals surface area contributed by atoms with Crippen molar-refractivity contribution in [2.24, 2.45) is 11.7 Å². The Morgan fingerprint density at radius 1 is 1.33 bits per heavy atom. The van der Waals surface area contributed by atoms with E-state index in [0.29, 0.717) is 6.54 Å². The van der Waals surface area contributed by atoms with E-state index in [1.54, 1.807) is 0 Å². The van der Waals surface area contributed by atoms with E-state index in [1.165, 1.54) is 49.2 Å². The second-order valence-electron chi connectivity index (χ2n) is 4.81. The molecular weight excluding hydrogens is 184 g/mol. The predicted molar refractivity (Wildman–Crippen MR) is 63.0 cm³/mol. The number of nitrogens with zero attached hydrogens (tertiary/aromatic N) is 1. The molecule has 1 heterocycles. The fourth-order valence-electron chi connectivity index (χ4n) is 2.45. The molecule has 2 aliphatic rings. The van der Waals surface area contributed by atoms with Crippen LogP contribution in [0.1, 0.15) is 24.0 Å². The Labute approximate surface area is 91.1 Å². The standard InChI is InChI=1S/C13H18N2/c14-8-11-3-4-13-12(7-11)5-6-15(13)9-10-1-2-10/h3-4,7,10H,1-2,5-6,8-9,14H2. The van der Waals surface area contributed by atoms with Crippen LogP contribution in [-0.4, -0.2) is 13.1 Å². The van der Waals surface area contributed by atoms with Crippen LogP contribution in [0.2, 0.25) is 0 Å². The number of nitrogens with two attached hydrogens (primary N) is 1. The Bertz CT molecular complexity index is 369. The molecule has 1 aromatic carbocycles. The van der Waals surface area contributed by atoms with Crippen LogP contribution < -0.4 is 10.6 Å². The van der Waals surface area contributed by atoms with Crippen molar-refractivity contribution in [1.29, 1.82) is 0 Å². The molecule has 0 atom stereocenters. The molecule has 0 bridgehead atoms. The van der Waals surface area contributed by atoms with Crippen molar-refractivity contribution in [3.63, 3.8) is 0 Å². The Kier molecular flexibility index (Phi) is 2.17. The van der Waals surface area contributed by atoms with Crippen LogP contribution in [-0.2, 0) is 13.0 Å². The summed E-state index contributed by atoms with van der Waals surface area (Å²) in [6.07, 6.45) is 4.08. The minimum atomic E-state index is 0.663. The van der Waals surface area contributed by atoms with Gasteiger partial charge in [-0.1, -0.05) is 12.1 Å². The van der Waals surface area contributed by atoms with E-state index in [4.69, 9.17) is 5.73 Å². The summed E-state index contributed by atoms with van der Waals surface area (Å²) < 4.78 is 0. The van der Waals surface area contributed by atoms with Gasteiger partial charge in [-0.15, -0.1) is 0 Å². The fraction of sp³-hybridized carbons (Fsp3) is 0.538. The van der Waals surface area contributed by atoms with Crippen molar-refractivity contribution in [3.8, 4) is 0 Å². The molecule has 0 spiro atoms. The molecule has 0 saturated heterocycles. The van der Waals surface area contributed by atoms with Gasteiger partial charge in [0.15, 0.2) is 0 Å². The zero-order valence-corrected chi connectivity index (χ0v) is 9.08. The van der Waals surface area contributed by atoms with Crippen LogP contribution in [0.3, 0.4) is 0 Å². The molecule has 0 aromatic heterocycles. The van der Waals surface area contributed by atoms with E-state index >= 15 is 0 Å². The summed E-state index contributed by atoms with van der Waals surface area (Å²) in [6, 6.07) is 6.71. The summed E-state index contributed by atoms with van der Waals surface area (Å²) >= 11 is 0. The number of hydrogen-bond donors (Lipinski definition) is 1. The van der Waals surface area contributed by atoms with Gasteiger partial charge in [0, 0.05) is 25.3 Å². The third kappa shape index (κ3) is 1.74. The van der Waals surface area contributed by atoms with Crippen LogP contribution >= 0.6 is 0 Å². The number of benzene rings is 1. The highest BCUT2D eigenvalue weighted by Gasteiger charge is 2.27. The highest BCUT2D eigenvalue weighted by atomic mass is 15.2. The second-order valence-corrected chi connectivity index (χ2v) is 4.81.